The van der Waals surface area contributed by atoms with E-state index in [2.05, 4.69) is 85.0 Å². The Hall–Kier alpha value is -6.19. The molecule has 2 saturated heterocycles. The highest BCUT2D eigenvalue weighted by Gasteiger charge is 2.50. The SMILES string of the molecule is COc1ccc(CN2CCN(C3CC4(CCN(c5ccc(C(=O)NS(=O)(=O)c6cc([NH+](C)[O-])c(NCC7CCC(C)(O)CC7)c7ncsc67)c(Oc6cc7c(nc6OC)CC=C7F)c5)CC4)C3)C(c3ccccc3C(C)C)C2)cc1. The molecule has 2 atom stereocenters. The Labute approximate surface area is 472 Å². The Morgan fingerprint density at radius 2 is 1.71 bits per heavy atom. The molecule has 4 fully saturated rings. The Balaban J connectivity index is 0.825. The summed E-state index contributed by atoms with van der Waals surface area (Å²) in [6, 6.07) is 26.0. The fourth-order valence-corrected chi connectivity index (χ4v) is 15.2. The highest BCUT2D eigenvalue weighted by atomic mass is 32.2. The van der Waals surface area contributed by atoms with Gasteiger partial charge in [0.2, 0.25) is 0 Å². The zero-order valence-electron chi connectivity index (χ0n) is 46.5. The molecule has 0 bridgehead atoms. The number of methoxy groups -OCH3 is 2. The van der Waals surface area contributed by atoms with Crippen LogP contribution in [0.2, 0.25) is 0 Å². The predicted molar refractivity (Wildman–Crippen MR) is 311 cm³/mol. The molecule has 16 nitrogen and oxygen atoms in total. The van der Waals surface area contributed by atoms with Crippen LogP contribution >= 0.6 is 11.3 Å². The van der Waals surface area contributed by atoms with E-state index in [0.29, 0.717) is 48.2 Å². The molecule has 19 heteroatoms. The number of quaternary nitrogens is 1. The number of hydrogen-bond acceptors (Lipinski definition) is 15. The number of carbonyl (C=O) groups is 1. The summed E-state index contributed by atoms with van der Waals surface area (Å²) in [6.07, 6.45) is 8.81. The van der Waals surface area contributed by atoms with Gasteiger partial charge in [-0.2, -0.15) is 0 Å². The second kappa shape index (κ2) is 22.6. The van der Waals surface area contributed by atoms with Crippen LogP contribution in [0.5, 0.6) is 23.1 Å². The number of aliphatic hydroxyl groups is 1. The van der Waals surface area contributed by atoms with E-state index < -0.39 is 27.4 Å². The minimum absolute atomic E-state index is 0.0246. The Bertz CT molecular complexity index is 3400. The summed E-state index contributed by atoms with van der Waals surface area (Å²) in [7, 11) is -0.154. The minimum Gasteiger partial charge on any atom is -0.629 e. The van der Waals surface area contributed by atoms with Crippen molar-refractivity contribution in [1.82, 2.24) is 24.5 Å². The molecule has 11 rings (SSSR count). The minimum atomic E-state index is -4.65. The van der Waals surface area contributed by atoms with Gasteiger partial charge in [-0.1, -0.05) is 50.2 Å². The van der Waals surface area contributed by atoms with Crippen molar-refractivity contribution >= 4 is 60.4 Å². The molecule has 80 heavy (non-hydrogen) atoms. The van der Waals surface area contributed by atoms with Crippen LogP contribution in [0, 0.1) is 16.5 Å². The van der Waals surface area contributed by atoms with E-state index in [1.54, 1.807) is 19.2 Å². The summed E-state index contributed by atoms with van der Waals surface area (Å²) >= 11 is 1.09. The number of piperazine rings is 1. The molecule has 2 aromatic heterocycles. The molecule has 6 aromatic rings. The maximum absolute atomic E-state index is 15.1. The van der Waals surface area contributed by atoms with Gasteiger partial charge in [0, 0.05) is 87.7 Å². The number of thiazole rings is 1. The van der Waals surface area contributed by atoms with Crippen molar-refractivity contribution in [2.24, 2.45) is 11.3 Å². The molecule has 4 aromatic carbocycles. The fraction of sp³-hybridized carbons (Fsp3) is 0.459. The van der Waals surface area contributed by atoms with Gasteiger partial charge in [-0.3, -0.25) is 14.6 Å². The summed E-state index contributed by atoms with van der Waals surface area (Å²) in [5.74, 6) is 0.233. The summed E-state index contributed by atoms with van der Waals surface area (Å²) in [4.78, 5) is 31.0. The smallest absolute Gasteiger partial charge is 0.268 e. The second-order valence-corrected chi connectivity index (χ2v) is 25.8. The highest BCUT2D eigenvalue weighted by Crippen LogP contribution is 2.54. The highest BCUT2D eigenvalue weighted by molar-refractivity contribution is 7.90. The van der Waals surface area contributed by atoms with Gasteiger partial charge < -0.3 is 39.8 Å². The number of aromatic nitrogens is 2. The molecule has 3 aliphatic carbocycles. The van der Waals surface area contributed by atoms with Crippen LogP contribution in [0.4, 0.5) is 21.5 Å². The number of sulfonamides is 1. The average molecular weight is 1130 g/mol. The van der Waals surface area contributed by atoms with Crippen LogP contribution in [-0.4, -0.2) is 111 Å². The number of piperidine rings is 1. The Morgan fingerprint density at radius 3 is 2.42 bits per heavy atom. The number of allylic oxidation sites excluding steroid dienone is 1. The van der Waals surface area contributed by atoms with Gasteiger partial charge in [-0.25, -0.2) is 27.5 Å². The summed E-state index contributed by atoms with van der Waals surface area (Å²) in [5, 5.41) is 26.8. The van der Waals surface area contributed by atoms with Crippen LogP contribution < -0.4 is 34.2 Å². The van der Waals surface area contributed by atoms with Crippen LogP contribution in [-0.2, 0) is 23.0 Å². The number of hydrogen-bond donors (Lipinski definition) is 4. The molecule has 0 radical (unpaired) electrons. The number of carbonyl (C=O) groups excluding carboxylic acids is 1. The zero-order chi connectivity index (χ0) is 56.1. The number of benzene rings is 4. The van der Waals surface area contributed by atoms with Gasteiger partial charge in [0.15, 0.2) is 11.4 Å². The topological polar surface area (TPSA) is 186 Å². The molecule has 424 valence electrons. The van der Waals surface area contributed by atoms with Gasteiger partial charge in [0.25, 0.3) is 21.8 Å². The number of pyridine rings is 1. The summed E-state index contributed by atoms with van der Waals surface area (Å²) < 4.78 is 64.3. The first kappa shape index (κ1) is 55.7. The van der Waals surface area contributed by atoms with Gasteiger partial charge in [-0.05, 0) is 129 Å². The molecule has 4 heterocycles. The number of nitrogens with one attached hydrogen (secondary N) is 3. The van der Waals surface area contributed by atoms with Crippen molar-refractivity contribution < 1.29 is 42.0 Å². The maximum atomic E-state index is 15.1. The number of fused-ring (bicyclic) bond motifs is 2. The van der Waals surface area contributed by atoms with E-state index in [-0.39, 0.29) is 72.6 Å². The molecule has 4 N–H and O–H groups in total. The number of hydroxylamine groups is 1. The molecule has 2 unspecified atom stereocenters. The van der Waals surface area contributed by atoms with Gasteiger partial charge >= 0.3 is 0 Å². The number of amides is 1. The largest absolute Gasteiger partial charge is 0.629 e. The standard InChI is InChI=1S/C61H73FN8O8S2/c1-38(2)44-9-7-8-10-45(44)51-36-68(35-40-11-14-43(76-5)15-12-40)27-28-70(51)42-32-61(33-42)23-25-69(26-24-61)41-13-16-46(52(29-41)78-53-30-47-48(62)17-18-49(47)65-59(53)77-6)58(71)66-80(74,75)54-31-50(67(4)73)55(56-57(54)79-37-64-56)63-34-39-19-21-60(3,72)22-20-39/h7-17,29-31,37-39,42,51,63,67,72H,18-28,32-36H2,1-6H3,(H,66,71). The summed E-state index contributed by atoms with van der Waals surface area (Å²) in [5.41, 5.74) is 7.38. The quantitative estimate of drug-likeness (QED) is 0.0633. The molecular formula is C61H73FN8O8S2. The van der Waals surface area contributed by atoms with Crippen LogP contribution in [0.1, 0.15) is 122 Å². The third-order valence-electron chi connectivity index (χ3n) is 17.7. The lowest BCUT2D eigenvalue weighted by Crippen LogP contribution is -2.98. The van der Waals surface area contributed by atoms with Crippen molar-refractivity contribution in [1.29, 1.82) is 0 Å². The van der Waals surface area contributed by atoms with Gasteiger partial charge in [-0.15, -0.1) is 11.3 Å². The molecule has 2 aliphatic heterocycles. The van der Waals surface area contributed by atoms with Crippen LogP contribution in [0.25, 0.3) is 16.0 Å². The average Bonchev–Trinajstić information content (AvgIpc) is 4.09. The van der Waals surface area contributed by atoms with Crippen molar-refractivity contribution in [3.8, 4) is 23.1 Å². The van der Waals surface area contributed by atoms with E-state index in [0.717, 1.165) is 101 Å². The number of nitrogens with zero attached hydrogens (tertiary/aromatic N) is 5. The van der Waals surface area contributed by atoms with E-state index in [9.17, 15) is 23.5 Å². The Morgan fingerprint density at radius 1 is 0.963 bits per heavy atom. The van der Waals surface area contributed by atoms with Crippen molar-refractivity contribution in [2.75, 3.05) is 70.8 Å². The molecule has 1 amide bonds. The first-order chi connectivity index (χ1) is 38.4. The predicted octanol–water partition coefficient (Wildman–Crippen LogP) is 9.91. The second-order valence-electron chi connectivity index (χ2n) is 23.3. The van der Waals surface area contributed by atoms with Crippen molar-refractivity contribution in [3.63, 3.8) is 0 Å². The van der Waals surface area contributed by atoms with E-state index in [1.807, 2.05) is 25.1 Å². The number of anilines is 2. The fourth-order valence-electron chi connectivity index (χ4n) is 13.0. The molecule has 5 aliphatic rings. The lowest BCUT2D eigenvalue weighted by Gasteiger charge is -2.58. The summed E-state index contributed by atoms with van der Waals surface area (Å²) in [6.45, 7) is 12.3. The van der Waals surface area contributed by atoms with Crippen LogP contribution in [0.3, 0.4) is 0 Å². The first-order valence-electron chi connectivity index (χ1n) is 28.1. The van der Waals surface area contributed by atoms with Gasteiger partial charge in [0.1, 0.15) is 33.4 Å². The third kappa shape index (κ3) is 11.4. The molecule has 2 saturated carbocycles. The van der Waals surface area contributed by atoms with E-state index in [4.69, 9.17) is 14.2 Å². The lowest BCUT2D eigenvalue weighted by atomic mass is 9.59. The van der Waals surface area contributed by atoms with Gasteiger partial charge in [0.05, 0.1) is 48.3 Å². The van der Waals surface area contributed by atoms with Crippen molar-refractivity contribution in [2.45, 2.75) is 114 Å². The number of ether oxygens (including phenoxy) is 3. The first-order valence-corrected chi connectivity index (χ1v) is 30.4. The molecular weight excluding hydrogens is 1060 g/mol. The van der Waals surface area contributed by atoms with E-state index in [1.165, 1.54) is 54.6 Å². The normalized spacial score (nSPS) is 22.0. The molecule has 1 spiro atoms. The number of rotatable bonds is 17. The monoisotopic (exact) mass is 1130 g/mol. The van der Waals surface area contributed by atoms with E-state index >= 15 is 4.39 Å². The Kier molecular flexibility index (Phi) is 15.8. The zero-order valence-corrected chi connectivity index (χ0v) is 48.2. The third-order valence-corrected chi connectivity index (χ3v) is 20.0. The van der Waals surface area contributed by atoms with Crippen LogP contribution in [0.15, 0.2) is 95.3 Å². The number of halogens is 1. The lowest BCUT2D eigenvalue weighted by molar-refractivity contribution is -0.750. The van der Waals surface area contributed by atoms with Crippen molar-refractivity contribution in [3.05, 3.63) is 129 Å². The maximum Gasteiger partial charge on any atom is 0.268 e.